The number of carbonyl (C=O) groups is 1. The number of ether oxygens (including phenoxy) is 1. The van der Waals surface area contributed by atoms with E-state index < -0.39 is 0 Å². The topological polar surface area (TPSA) is 69.0 Å². The van der Waals surface area contributed by atoms with Gasteiger partial charge in [-0.15, -0.1) is 10.2 Å². The number of aromatic nitrogens is 3. The summed E-state index contributed by atoms with van der Waals surface area (Å²) in [5.74, 6) is 1.77. The molecule has 0 atom stereocenters. The van der Waals surface area contributed by atoms with Crippen LogP contribution in [0.5, 0.6) is 5.75 Å². The van der Waals surface area contributed by atoms with Crippen LogP contribution >= 0.6 is 11.8 Å². The largest absolute Gasteiger partial charge is 0.486 e. The fraction of sp³-hybridized carbons (Fsp3) is 0.286. The predicted molar refractivity (Wildman–Crippen MR) is 110 cm³/mol. The van der Waals surface area contributed by atoms with Crippen molar-refractivity contribution in [1.82, 2.24) is 20.1 Å². The number of hydrogen-bond acceptors (Lipinski definition) is 5. The van der Waals surface area contributed by atoms with Crippen LogP contribution in [0.2, 0.25) is 0 Å². The van der Waals surface area contributed by atoms with Crippen molar-refractivity contribution in [3.05, 3.63) is 71.5 Å². The van der Waals surface area contributed by atoms with Crippen molar-refractivity contribution in [2.24, 2.45) is 7.05 Å². The molecule has 6 nitrogen and oxygen atoms in total. The van der Waals surface area contributed by atoms with Gasteiger partial charge in [-0.1, -0.05) is 61.2 Å². The number of nitrogens with one attached hydrogen (secondary N) is 1. The Hall–Kier alpha value is -2.80. The van der Waals surface area contributed by atoms with E-state index >= 15 is 0 Å². The molecular weight excluding hydrogens is 372 g/mol. The summed E-state index contributed by atoms with van der Waals surface area (Å²) >= 11 is 1.36. The van der Waals surface area contributed by atoms with E-state index in [2.05, 4.69) is 34.6 Å². The van der Waals surface area contributed by atoms with Crippen molar-refractivity contribution in [2.45, 2.75) is 31.7 Å². The number of aryl methyl sites for hydroxylation is 1. The molecule has 2 aromatic carbocycles. The van der Waals surface area contributed by atoms with E-state index in [1.54, 1.807) is 0 Å². The van der Waals surface area contributed by atoms with Crippen LogP contribution in [0.15, 0.2) is 59.8 Å². The van der Waals surface area contributed by atoms with E-state index in [9.17, 15) is 4.79 Å². The van der Waals surface area contributed by atoms with Gasteiger partial charge in [0.25, 0.3) is 0 Å². The molecule has 0 bridgehead atoms. The van der Waals surface area contributed by atoms with E-state index in [1.807, 2.05) is 54.1 Å². The first-order valence-corrected chi connectivity index (χ1v) is 10.2. The summed E-state index contributed by atoms with van der Waals surface area (Å²) in [6, 6.07) is 17.9. The summed E-state index contributed by atoms with van der Waals surface area (Å²) in [6.45, 7) is 2.97. The monoisotopic (exact) mass is 396 g/mol. The van der Waals surface area contributed by atoms with Crippen LogP contribution in [0.25, 0.3) is 0 Å². The number of benzene rings is 2. The number of hydrogen-bond donors (Lipinski definition) is 1. The second-order valence-corrected chi connectivity index (χ2v) is 7.24. The lowest BCUT2D eigenvalue weighted by molar-refractivity contribution is -0.118. The molecule has 7 heteroatoms. The van der Waals surface area contributed by atoms with Gasteiger partial charge < -0.3 is 14.6 Å². The summed E-state index contributed by atoms with van der Waals surface area (Å²) in [5, 5.41) is 11.9. The lowest BCUT2D eigenvalue weighted by atomic mass is 10.2. The van der Waals surface area contributed by atoms with Gasteiger partial charge in [0.05, 0.1) is 5.75 Å². The molecule has 0 aliphatic heterocycles. The van der Waals surface area contributed by atoms with Gasteiger partial charge >= 0.3 is 0 Å². The molecule has 0 aliphatic carbocycles. The molecule has 0 aliphatic rings. The minimum absolute atomic E-state index is 0.0364. The third-order valence-corrected chi connectivity index (χ3v) is 5.31. The maximum atomic E-state index is 12.1. The normalized spacial score (nSPS) is 10.6. The first-order valence-electron chi connectivity index (χ1n) is 9.19. The first-order chi connectivity index (χ1) is 13.7. The number of rotatable bonds is 9. The Balaban J connectivity index is 1.46. The fourth-order valence-corrected chi connectivity index (χ4v) is 3.30. The van der Waals surface area contributed by atoms with E-state index in [0.29, 0.717) is 24.1 Å². The summed E-state index contributed by atoms with van der Waals surface area (Å²) in [7, 11) is 1.88. The minimum Gasteiger partial charge on any atom is -0.486 e. The molecular formula is C21H24N4O2S. The number of carbonyl (C=O) groups excluding carboxylic acids is 1. The van der Waals surface area contributed by atoms with Crippen LogP contribution in [-0.2, 0) is 31.4 Å². The average Bonchev–Trinajstić information content (AvgIpc) is 3.09. The Morgan fingerprint density at radius 3 is 2.54 bits per heavy atom. The van der Waals surface area contributed by atoms with Gasteiger partial charge in [-0.05, 0) is 29.7 Å². The Kier molecular flexibility index (Phi) is 7.08. The van der Waals surface area contributed by atoms with E-state index in [-0.39, 0.29) is 11.7 Å². The van der Waals surface area contributed by atoms with Gasteiger partial charge in [-0.3, -0.25) is 4.79 Å². The summed E-state index contributed by atoms with van der Waals surface area (Å²) in [4.78, 5) is 12.1. The van der Waals surface area contributed by atoms with Gasteiger partial charge in [-0.25, -0.2) is 0 Å². The Morgan fingerprint density at radius 1 is 1.07 bits per heavy atom. The zero-order chi connectivity index (χ0) is 19.8. The summed E-state index contributed by atoms with van der Waals surface area (Å²) in [5.41, 5.74) is 2.35. The number of thioether (sulfide) groups is 1. The molecule has 0 radical (unpaired) electrons. The molecule has 1 amide bonds. The van der Waals surface area contributed by atoms with Crippen molar-refractivity contribution in [2.75, 3.05) is 5.75 Å². The van der Waals surface area contributed by atoms with Crippen molar-refractivity contribution < 1.29 is 9.53 Å². The predicted octanol–water partition coefficient (Wildman–Crippen LogP) is 3.37. The molecule has 1 heterocycles. The third kappa shape index (κ3) is 5.60. The highest BCUT2D eigenvalue weighted by Crippen LogP contribution is 2.18. The second kappa shape index (κ2) is 9.94. The van der Waals surface area contributed by atoms with Crippen LogP contribution in [0.1, 0.15) is 23.9 Å². The van der Waals surface area contributed by atoms with Crippen LogP contribution in [0.3, 0.4) is 0 Å². The van der Waals surface area contributed by atoms with Crippen LogP contribution in [-0.4, -0.2) is 26.4 Å². The molecule has 0 saturated heterocycles. The highest BCUT2D eigenvalue weighted by molar-refractivity contribution is 7.99. The SMILES string of the molecule is CCc1ccc(OCc2nnc(SCC(=O)NCc3ccccc3)n2C)cc1. The molecule has 0 saturated carbocycles. The van der Waals surface area contributed by atoms with Gasteiger partial charge in [0.2, 0.25) is 5.91 Å². The Bertz CT molecular complexity index is 895. The highest BCUT2D eigenvalue weighted by Gasteiger charge is 2.12. The molecule has 146 valence electrons. The maximum Gasteiger partial charge on any atom is 0.230 e. The molecule has 28 heavy (non-hydrogen) atoms. The maximum absolute atomic E-state index is 12.1. The van der Waals surface area contributed by atoms with Crippen molar-refractivity contribution >= 4 is 17.7 Å². The first kappa shape index (κ1) is 19.9. The molecule has 3 aromatic rings. The van der Waals surface area contributed by atoms with Crippen molar-refractivity contribution in [3.63, 3.8) is 0 Å². The van der Waals surface area contributed by atoms with Crippen LogP contribution in [0.4, 0.5) is 0 Å². The van der Waals surface area contributed by atoms with Crippen molar-refractivity contribution in [1.29, 1.82) is 0 Å². The molecule has 3 rings (SSSR count). The molecule has 1 N–H and O–H groups in total. The second-order valence-electron chi connectivity index (χ2n) is 6.30. The van der Waals surface area contributed by atoms with Crippen LogP contribution in [0, 0.1) is 0 Å². The van der Waals surface area contributed by atoms with Crippen LogP contribution < -0.4 is 10.1 Å². The lowest BCUT2D eigenvalue weighted by Crippen LogP contribution is -2.24. The molecule has 0 unspecified atom stereocenters. The minimum atomic E-state index is -0.0364. The molecule has 0 spiro atoms. The highest BCUT2D eigenvalue weighted by atomic mass is 32.2. The summed E-state index contributed by atoms with van der Waals surface area (Å²) < 4.78 is 7.64. The Labute approximate surface area is 169 Å². The lowest BCUT2D eigenvalue weighted by Gasteiger charge is -2.07. The smallest absolute Gasteiger partial charge is 0.230 e. The number of amides is 1. The fourth-order valence-electron chi connectivity index (χ4n) is 2.54. The van der Waals surface area contributed by atoms with E-state index in [4.69, 9.17) is 4.74 Å². The molecule has 0 fully saturated rings. The van der Waals surface area contributed by atoms with E-state index in [1.165, 1.54) is 17.3 Å². The summed E-state index contributed by atoms with van der Waals surface area (Å²) in [6.07, 6.45) is 1.00. The molecule has 1 aromatic heterocycles. The van der Waals surface area contributed by atoms with Gasteiger partial charge in [0.1, 0.15) is 12.4 Å². The zero-order valence-corrected chi connectivity index (χ0v) is 16.9. The standard InChI is InChI=1S/C21H24N4O2S/c1-3-16-9-11-18(12-10-16)27-14-19-23-24-21(25(19)2)28-15-20(26)22-13-17-7-5-4-6-8-17/h4-12H,3,13-15H2,1-2H3,(H,22,26). The van der Waals surface area contributed by atoms with Crippen molar-refractivity contribution in [3.8, 4) is 5.75 Å². The number of nitrogens with zero attached hydrogens (tertiary/aromatic N) is 3. The van der Waals surface area contributed by atoms with Gasteiger partial charge in [0, 0.05) is 13.6 Å². The van der Waals surface area contributed by atoms with E-state index in [0.717, 1.165) is 17.7 Å². The van der Waals surface area contributed by atoms with Gasteiger partial charge in [-0.2, -0.15) is 0 Å². The average molecular weight is 397 g/mol. The zero-order valence-electron chi connectivity index (χ0n) is 16.1. The Morgan fingerprint density at radius 2 is 1.82 bits per heavy atom. The quantitative estimate of drug-likeness (QED) is 0.562. The third-order valence-electron chi connectivity index (χ3n) is 4.29. The van der Waals surface area contributed by atoms with Gasteiger partial charge in [0.15, 0.2) is 11.0 Å².